The van der Waals surface area contributed by atoms with E-state index in [0.717, 1.165) is 10.6 Å². The van der Waals surface area contributed by atoms with E-state index in [1.54, 1.807) is 17.6 Å². The van der Waals surface area contributed by atoms with E-state index in [1.165, 1.54) is 18.4 Å². The second kappa shape index (κ2) is 6.44. The maximum Gasteiger partial charge on any atom is 0.350 e. The van der Waals surface area contributed by atoms with Crippen LogP contribution in [-0.2, 0) is 11.2 Å². The standard InChI is InChI=1S/C12H13N3O2S2/c1-3-9-10(11(16)17-2)19-12(14-9)15-13-7-8-5-4-6-18-8/h4-7H,3H2,1-2H3,(H,14,15)/b13-7-. The van der Waals surface area contributed by atoms with Crippen LogP contribution in [0.15, 0.2) is 22.6 Å². The van der Waals surface area contributed by atoms with Gasteiger partial charge in [-0.3, -0.25) is 5.43 Å². The van der Waals surface area contributed by atoms with Crippen molar-refractivity contribution in [2.75, 3.05) is 12.5 Å². The summed E-state index contributed by atoms with van der Waals surface area (Å²) in [5.74, 6) is -0.357. The summed E-state index contributed by atoms with van der Waals surface area (Å²) >= 11 is 2.85. The van der Waals surface area contributed by atoms with Crippen LogP contribution < -0.4 is 5.43 Å². The summed E-state index contributed by atoms with van der Waals surface area (Å²) in [6.07, 6.45) is 2.40. The van der Waals surface area contributed by atoms with E-state index in [1.807, 2.05) is 24.4 Å². The van der Waals surface area contributed by atoms with Crippen LogP contribution in [0.3, 0.4) is 0 Å². The number of carbonyl (C=O) groups excluding carboxylic acids is 1. The average Bonchev–Trinajstić information content (AvgIpc) is 3.07. The molecule has 0 bridgehead atoms. The van der Waals surface area contributed by atoms with Crippen molar-refractivity contribution in [1.82, 2.24) is 4.98 Å². The number of rotatable bonds is 5. The lowest BCUT2D eigenvalue weighted by Crippen LogP contribution is -2.01. The number of hydrogen-bond acceptors (Lipinski definition) is 7. The third-order valence-corrected chi connectivity index (χ3v) is 4.09. The number of esters is 1. The second-order valence-electron chi connectivity index (χ2n) is 3.53. The minimum Gasteiger partial charge on any atom is -0.465 e. The molecule has 0 unspecified atom stereocenters. The first kappa shape index (κ1) is 13.7. The Morgan fingerprint density at radius 2 is 2.47 bits per heavy atom. The molecule has 5 nitrogen and oxygen atoms in total. The van der Waals surface area contributed by atoms with Gasteiger partial charge in [-0.15, -0.1) is 11.3 Å². The lowest BCUT2D eigenvalue weighted by atomic mass is 10.3. The first-order chi connectivity index (χ1) is 9.24. The van der Waals surface area contributed by atoms with E-state index in [2.05, 4.69) is 15.5 Å². The fourth-order valence-electron chi connectivity index (χ4n) is 1.41. The Labute approximate surface area is 119 Å². The molecule has 0 spiro atoms. The number of carbonyl (C=O) groups is 1. The molecular weight excluding hydrogens is 282 g/mol. The lowest BCUT2D eigenvalue weighted by molar-refractivity contribution is 0.0605. The molecule has 0 aliphatic heterocycles. The van der Waals surface area contributed by atoms with Gasteiger partial charge < -0.3 is 4.74 Å². The number of aryl methyl sites for hydroxylation is 1. The number of anilines is 1. The van der Waals surface area contributed by atoms with Crippen LogP contribution in [0.25, 0.3) is 0 Å². The van der Waals surface area contributed by atoms with Crippen molar-refractivity contribution < 1.29 is 9.53 Å². The topological polar surface area (TPSA) is 63.6 Å². The fraction of sp³-hybridized carbons (Fsp3) is 0.250. The van der Waals surface area contributed by atoms with Gasteiger partial charge in [-0.2, -0.15) is 5.10 Å². The molecule has 2 aromatic heterocycles. The van der Waals surface area contributed by atoms with Crippen molar-refractivity contribution >= 4 is 40.0 Å². The Morgan fingerprint density at radius 3 is 3.11 bits per heavy atom. The van der Waals surface area contributed by atoms with Gasteiger partial charge >= 0.3 is 5.97 Å². The summed E-state index contributed by atoms with van der Waals surface area (Å²) < 4.78 is 4.72. The highest BCUT2D eigenvalue weighted by Crippen LogP contribution is 2.24. The van der Waals surface area contributed by atoms with E-state index in [0.29, 0.717) is 16.4 Å². The number of methoxy groups -OCH3 is 1. The minimum absolute atomic E-state index is 0.357. The van der Waals surface area contributed by atoms with Gasteiger partial charge in [0.2, 0.25) is 5.13 Å². The summed E-state index contributed by atoms with van der Waals surface area (Å²) in [6, 6.07) is 3.93. The normalized spacial score (nSPS) is 10.8. The van der Waals surface area contributed by atoms with Gasteiger partial charge in [0.05, 0.1) is 19.0 Å². The molecule has 2 rings (SSSR count). The van der Waals surface area contributed by atoms with Crippen LogP contribution in [0.4, 0.5) is 5.13 Å². The third kappa shape index (κ3) is 3.39. The molecule has 0 aliphatic rings. The molecule has 2 aromatic rings. The van der Waals surface area contributed by atoms with Crippen molar-refractivity contribution in [2.45, 2.75) is 13.3 Å². The Hall–Kier alpha value is -1.73. The molecule has 2 heterocycles. The van der Waals surface area contributed by atoms with E-state index in [-0.39, 0.29) is 5.97 Å². The number of thiazole rings is 1. The summed E-state index contributed by atoms with van der Waals surface area (Å²) in [5, 5.41) is 6.66. The maximum absolute atomic E-state index is 11.6. The Morgan fingerprint density at radius 1 is 1.63 bits per heavy atom. The molecule has 0 radical (unpaired) electrons. The third-order valence-electron chi connectivity index (χ3n) is 2.30. The molecule has 0 aromatic carbocycles. The highest BCUT2D eigenvalue weighted by atomic mass is 32.1. The Bertz CT molecular complexity index is 576. The molecule has 0 saturated heterocycles. The van der Waals surface area contributed by atoms with E-state index >= 15 is 0 Å². The number of ether oxygens (including phenoxy) is 1. The number of hydrogen-bond donors (Lipinski definition) is 1. The molecule has 0 atom stereocenters. The van der Waals surface area contributed by atoms with Crippen LogP contribution in [0.1, 0.15) is 27.2 Å². The SMILES string of the molecule is CCc1nc(N/N=C\c2cccs2)sc1C(=O)OC. The van der Waals surface area contributed by atoms with Crippen molar-refractivity contribution in [3.05, 3.63) is 33.0 Å². The number of nitrogens with one attached hydrogen (secondary N) is 1. The predicted octanol–water partition coefficient (Wildman–Crippen LogP) is 3.00. The monoisotopic (exact) mass is 295 g/mol. The zero-order chi connectivity index (χ0) is 13.7. The first-order valence-corrected chi connectivity index (χ1v) is 7.34. The van der Waals surface area contributed by atoms with Gasteiger partial charge in [0.15, 0.2) is 0 Å². The molecule has 7 heteroatoms. The summed E-state index contributed by atoms with van der Waals surface area (Å²) in [4.78, 5) is 17.4. The molecule has 0 amide bonds. The number of hydrazone groups is 1. The first-order valence-electron chi connectivity index (χ1n) is 5.65. The quantitative estimate of drug-likeness (QED) is 0.523. The molecular formula is C12H13N3O2S2. The van der Waals surface area contributed by atoms with Crippen LogP contribution in [-0.4, -0.2) is 24.3 Å². The van der Waals surface area contributed by atoms with Crippen molar-refractivity contribution in [3.8, 4) is 0 Å². The molecule has 0 aliphatic carbocycles. The average molecular weight is 295 g/mol. The zero-order valence-electron chi connectivity index (χ0n) is 10.5. The molecule has 1 N–H and O–H groups in total. The van der Waals surface area contributed by atoms with Crippen LogP contribution in [0.5, 0.6) is 0 Å². The highest BCUT2D eigenvalue weighted by molar-refractivity contribution is 7.17. The smallest absolute Gasteiger partial charge is 0.350 e. The number of thiophene rings is 1. The molecule has 100 valence electrons. The molecule has 0 fully saturated rings. The van der Waals surface area contributed by atoms with Crippen molar-refractivity contribution in [1.29, 1.82) is 0 Å². The van der Waals surface area contributed by atoms with Crippen LogP contribution in [0.2, 0.25) is 0 Å². The van der Waals surface area contributed by atoms with Gasteiger partial charge in [-0.25, -0.2) is 9.78 Å². The number of nitrogens with zero attached hydrogens (tertiary/aromatic N) is 2. The maximum atomic E-state index is 11.6. The fourth-order valence-corrected chi connectivity index (χ4v) is 2.91. The predicted molar refractivity (Wildman–Crippen MR) is 78.4 cm³/mol. The lowest BCUT2D eigenvalue weighted by Gasteiger charge is -1.95. The van der Waals surface area contributed by atoms with Gasteiger partial charge in [0.1, 0.15) is 4.88 Å². The van der Waals surface area contributed by atoms with Gasteiger partial charge in [-0.05, 0) is 17.9 Å². The van der Waals surface area contributed by atoms with Crippen molar-refractivity contribution in [2.24, 2.45) is 5.10 Å². The zero-order valence-corrected chi connectivity index (χ0v) is 12.2. The summed E-state index contributed by atoms with van der Waals surface area (Å²) in [5.41, 5.74) is 3.56. The largest absolute Gasteiger partial charge is 0.465 e. The molecule has 19 heavy (non-hydrogen) atoms. The van der Waals surface area contributed by atoms with E-state index < -0.39 is 0 Å². The molecule has 0 saturated carbocycles. The Kier molecular flexibility index (Phi) is 4.64. The van der Waals surface area contributed by atoms with E-state index in [9.17, 15) is 4.79 Å². The summed E-state index contributed by atoms with van der Waals surface area (Å²) in [6.45, 7) is 1.94. The summed E-state index contributed by atoms with van der Waals surface area (Å²) in [7, 11) is 1.36. The van der Waals surface area contributed by atoms with Gasteiger partial charge in [-0.1, -0.05) is 24.3 Å². The highest BCUT2D eigenvalue weighted by Gasteiger charge is 2.17. The van der Waals surface area contributed by atoms with Gasteiger partial charge in [0, 0.05) is 4.88 Å². The van der Waals surface area contributed by atoms with E-state index in [4.69, 9.17) is 4.74 Å². The second-order valence-corrected chi connectivity index (χ2v) is 5.50. The Balaban J connectivity index is 2.09. The van der Waals surface area contributed by atoms with Gasteiger partial charge in [0.25, 0.3) is 0 Å². The van der Waals surface area contributed by atoms with Crippen LogP contribution >= 0.6 is 22.7 Å². The van der Waals surface area contributed by atoms with Crippen molar-refractivity contribution in [3.63, 3.8) is 0 Å². The van der Waals surface area contributed by atoms with Crippen LogP contribution in [0, 0.1) is 0 Å². The minimum atomic E-state index is -0.357. The number of aromatic nitrogens is 1.